The van der Waals surface area contributed by atoms with Crippen LogP contribution in [0.1, 0.15) is 18.4 Å². The zero-order chi connectivity index (χ0) is 16.4. The van der Waals surface area contributed by atoms with Gasteiger partial charge in [-0.15, -0.1) is 0 Å². The molecule has 2 aromatic rings. The number of hydrogen-bond acceptors (Lipinski definition) is 4. The van der Waals surface area contributed by atoms with Gasteiger partial charge in [-0.25, -0.2) is 0 Å². The molecule has 4 heteroatoms. The van der Waals surface area contributed by atoms with Crippen molar-refractivity contribution in [3.63, 3.8) is 0 Å². The maximum absolute atomic E-state index is 5.48. The Balaban J connectivity index is 1.90. The SMILES string of the molecule is COc1cccc2c(N(C)CC3CCN(C)CC3)c(C)cnc12. The number of fused-ring (bicyclic) bond motifs is 1. The lowest BCUT2D eigenvalue weighted by atomic mass is 9.96. The van der Waals surface area contributed by atoms with Gasteiger partial charge in [0.25, 0.3) is 0 Å². The number of benzene rings is 1. The Morgan fingerprint density at radius 3 is 2.74 bits per heavy atom. The molecule has 1 aromatic heterocycles. The third kappa shape index (κ3) is 3.27. The van der Waals surface area contributed by atoms with Gasteiger partial charge in [0.05, 0.1) is 12.8 Å². The van der Waals surface area contributed by atoms with Crippen molar-refractivity contribution in [2.24, 2.45) is 5.92 Å². The number of aromatic nitrogens is 1. The number of aryl methyl sites for hydroxylation is 1. The molecule has 0 bridgehead atoms. The van der Waals surface area contributed by atoms with Crippen LogP contribution >= 0.6 is 0 Å². The molecule has 1 aliphatic heterocycles. The van der Waals surface area contributed by atoms with E-state index in [1.807, 2.05) is 12.3 Å². The molecule has 0 radical (unpaired) electrons. The van der Waals surface area contributed by atoms with Crippen LogP contribution in [0.2, 0.25) is 0 Å². The van der Waals surface area contributed by atoms with Crippen LogP contribution in [0, 0.1) is 12.8 Å². The van der Waals surface area contributed by atoms with Crippen LogP contribution < -0.4 is 9.64 Å². The average molecular weight is 313 g/mol. The monoisotopic (exact) mass is 313 g/mol. The molecule has 0 atom stereocenters. The number of piperidine rings is 1. The summed E-state index contributed by atoms with van der Waals surface area (Å²) >= 11 is 0. The molecular weight excluding hydrogens is 286 g/mol. The summed E-state index contributed by atoms with van der Waals surface area (Å²) in [7, 11) is 6.13. The van der Waals surface area contributed by atoms with Crippen molar-refractivity contribution in [3.8, 4) is 5.75 Å². The Bertz CT molecular complexity index is 678. The molecule has 0 spiro atoms. The van der Waals surface area contributed by atoms with E-state index in [1.165, 1.54) is 42.6 Å². The first kappa shape index (κ1) is 16.1. The standard InChI is InChI=1S/C19H27N3O/c1-14-12-20-18-16(6-5-7-17(18)23-4)19(14)22(3)13-15-8-10-21(2)11-9-15/h5-7,12,15H,8-11,13H2,1-4H3. The molecule has 4 nitrogen and oxygen atoms in total. The average Bonchev–Trinajstić information content (AvgIpc) is 2.56. The van der Waals surface area contributed by atoms with Gasteiger partial charge in [-0.05, 0) is 57.5 Å². The van der Waals surface area contributed by atoms with Crippen LogP contribution in [0.4, 0.5) is 5.69 Å². The lowest BCUT2D eigenvalue weighted by Gasteiger charge is -2.33. The maximum atomic E-state index is 5.48. The fourth-order valence-corrected chi connectivity index (χ4v) is 3.68. The van der Waals surface area contributed by atoms with Crippen LogP contribution in [-0.4, -0.2) is 50.7 Å². The molecule has 1 saturated heterocycles. The molecule has 124 valence electrons. The molecule has 0 amide bonds. The van der Waals surface area contributed by atoms with Gasteiger partial charge in [-0.3, -0.25) is 4.98 Å². The lowest BCUT2D eigenvalue weighted by molar-refractivity contribution is 0.222. The van der Waals surface area contributed by atoms with E-state index in [4.69, 9.17) is 4.74 Å². The van der Waals surface area contributed by atoms with Crippen molar-refractivity contribution in [2.45, 2.75) is 19.8 Å². The number of likely N-dealkylation sites (tertiary alicyclic amines) is 1. The first-order chi connectivity index (χ1) is 11.1. The number of hydrogen-bond donors (Lipinski definition) is 0. The molecular formula is C19H27N3O. The van der Waals surface area contributed by atoms with Crippen LogP contribution in [0.3, 0.4) is 0 Å². The summed E-state index contributed by atoms with van der Waals surface area (Å²) in [5, 5.41) is 1.18. The van der Waals surface area contributed by atoms with Crippen molar-refractivity contribution in [3.05, 3.63) is 30.0 Å². The van der Waals surface area contributed by atoms with E-state index in [0.717, 1.165) is 23.7 Å². The Morgan fingerprint density at radius 2 is 2.04 bits per heavy atom. The van der Waals surface area contributed by atoms with Crippen LogP contribution in [0.15, 0.2) is 24.4 Å². The summed E-state index contributed by atoms with van der Waals surface area (Å²) in [6.07, 6.45) is 4.53. The highest BCUT2D eigenvalue weighted by atomic mass is 16.5. The number of methoxy groups -OCH3 is 1. The summed E-state index contributed by atoms with van der Waals surface area (Å²) in [4.78, 5) is 9.43. The van der Waals surface area contributed by atoms with Crippen molar-refractivity contribution >= 4 is 16.6 Å². The first-order valence-electron chi connectivity index (χ1n) is 8.42. The number of rotatable bonds is 4. The summed E-state index contributed by atoms with van der Waals surface area (Å²) in [6.45, 7) is 5.67. The highest BCUT2D eigenvalue weighted by molar-refractivity contribution is 5.96. The Kier molecular flexibility index (Phi) is 4.71. The first-order valence-corrected chi connectivity index (χ1v) is 8.42. The van der Waals surface area contributed by atoms with E-state index in [9.17, 15) is 0 Å². The minimum absolute atomic E-state index is 0.768. The molecule has 0 N–H and O–H groups in total. The number of anilines is 1. The highest BCUT2D eigenvalue weighted by Gasteiger charge is 2.20. The molecule has 1 aliphatic rings. The second-order valence-electron chi connectivity index (χ2n) is 6.77. The third-order valence-electron chi connectivity index (χ3n) is 4.99. The number of ether oxygens (including phenoxy) is 1. The van der Waals surface area contributed by atoms with Gasteiger partial charge >= 0.3 is 0 Å². The number of pyridine rings is 1. The highest BCUT2D eigenvalue weighted by Crippen LogP contribution is 2.34. The molecule has 1 aromatic carbocycles. The molecule has 0 saturated carbocycles. The Labute approximate surface area is 139 Å². The van der Waals surface area contributed by atoms with E-state index in [2.05, 4.69) is 47.9 Å². The minimum Gasteiger partial charge on any atom is -0.494 e. The quantitative estimate of drug-likeness (QED) is 0.865. The Morgan fingerprint density at radius 1 is 1.30 bits per heavy atom. The number of para-hydroxylation sites is 1. The van der Waals surface area contributed by atoms with Crippen molar-refractivity contribution < 1.29 is 4.74 Å². The largest absolute Gasteiger partial charge is 0.494 e. The van der Waals surface area contributed by atoms with Gasteiger partial charge < -0.3 is 14.5 Å². The Hall–Kier alpha value is -1.81. The fourth-order valence-electron chi connectivity index (χ4n) is 3.68. The van der Waals surface area contributed by atoms with Gasteiger partial charge in [-0.2, -0.15) is 0 Å². The van der Waals surface area contributed by atoms with Gasteiger partial charge in [0.15, 0.2) is 0 Å². The topological polar surface area (TPSA) is 28.6 Å². The van der Waals surface area contributed by atoms with Crippen LogP contribution in [-0.2, 0) is 0 Å². The van der Waals surface area contributed by atoms with Crippen LogP contribution in [0.5, 0.6) is 5.75 Å². The molecule has 0 aliphatic carbocycles. The molecule has 0 unspecified atom stereocenters. The van der Waals surface area contributed by atoms with E-state index in [-0.39, 0.29) is 0 Å². The third-order valence-corrected chi connectivity index (χ3v) is 4.99. The zero-order valence-electron chi connectivity index (χ0n) is 14.7. The fraction of sp³-hybridized carbons (Fsp3) is 0.526. The molecule has 1 fully saturated rings. The second-order valence-corrected chi connectivity index (χ2v) is 6.77. The second kappa shape index (κ2) is 6.75. The molecule has 3 rings (SSSR count). The summed E-state index contributed by atoms with van der Waals surface area (Å²) in [6, 6.07) is 6.18. The van der Waals surface area contributed by atoms with E-state index >= 15 is 0 Å². The van der Waals surface area contributed by atoms with Crippen molar-refractivity contribution in [1.82, 2.24) is 9.88 Å². The summed E-state index contributed by atoms with van der Waals surface area (Å²) < 4.78 is 5.48. The van der Waals surface area contributed by atoms with E-state index < -0.39 is 0 Å². The van der Waals surface area contributed by atoms with Gasteiger partial charge in [0.2, 0.25) is 0 Å². The van der Waals surface area contributed by atoms with Gasteiger partial charge in [0.1, 0.15) is 11.3 Å². The summed E-state index contributed by atoms with van der Waals surface area (Å²) in [5.74, 6) is 1.61. The predicted octanol–water partition coefficient (Wildman–Crippen LogP) is 3.33. The lowest BCUT2D eigenvalue weighted by Crippen LogP contribution is -2.36. The zero-order valence-corrected chi connectivity index (χ0v) is 14.7. The molecule has 23 heavy (non-hydrogen) atoms. The smallest absolute Gasteiger partial charge is 0.145 e. The van der Waals surface area contributed by atoms with Crippen LogP contribution in [0.25, 0.3) is 10.9 Å². The predicted molar refractivity (Wildman–Crippen MR) is 96.5 cm³/mol. The normalized spacial score (nSPS) is 16.7. The van der Waals surface area contributed by atoms with Gasteiger partial charge in [-0.1, -0.05) is 12.1 Å². The van der Waals surface area contributed by atoms with E-state index in [0.29, 0.717) is 0 Å². The summed E-state index contributed by atoms with van der Waals surface area (Å²) in [5.41, 5.74) is 3.46. The van der Waals surface area contributed by atoms with Crippen molar-refractivity contribution in [1.29, 1.82) is 0 Å². The molecule has 2 heterocycles. The van der Waals surface area contributed by atoms with Crippen molar-refractivity contribution in [2.75, 3.05) is 45.7 Å². The van der Waals surface area contributed by atoms with E-state index in [1.54, 1.807) is 7.11 Å². The number of nitrogens with zero attached hydrogens (tertiary/aromatic N) is 3. The maximum Gasteiger partial charge on any atom is 0.145 e. The minimum atomic E-state index is 0.768. The van der Waals surface area contributed by atoms with Gasteiger partial charge in [0, 0.05) is 25.2 Å².